The summed E-state index contributed by atoms with van der Waals surface area (Å²) in [5.41, 5.74) is 1.11. The van der Waals surface area contributed by atoms with E-state index >= 15 is 0 Å². The first kappa shape index (κ1) is 15.3. The van der Waals surface area contributed by atoms with Crippen LogP contribution in [-0.4, -0.2) is 36.7 Å². The van der Waals surface area contributed by atoms with Crippen LogP contribution in [0.2, 0.25) is 0 Å². The molecular weight excluding hydrogens is 320 g/mol. The summed E-state index contributed by atoms with van der Waals surface area (Å²) in [6.07, 6.45) is 2.26. The smallest absolute Gasteiger partial charge is 0.317 e. The molecule has 1 saturated heterocycles. The Morgan fingerprint density at radius 1 is 1.50 bits per heavy atom. The summed E-state index contributed by atoms with van der Waals surface area (Å²) in [5.74, 6) is 0. The van der Waals surface area contributed by atoms with E-state index in [9.17, 15) is 4.79 Å². The second kappa shape index (κ2) is 7.09. The van der Waals surface area contributed by atoms with Crippen molar-refractivity contribution in [2.24, 2.45) is 0 Å². The van der Waals surface area contributed by atoms with Gasteiger partial charge in [0.2, 0.25) is 0 Å². The predicted octanol–water partition coefficient (Wildman–Crippen LogP) is 3.16. The Morgan fingerprint density at radius 3 is 2.80 bits per heavy atom. The van der Waals surface area contributed by atoms with Crippen LogP contribution in [0.3, 0.4) is 0 Å². The normalized spacial score (nSPS) is 19.6. The third-order valence-electron chi connectivity index (χ3n) is 3.55. The summed E-state index contributed by atoms with van der Waals surface area (Å²) in [6, 6.07) is 7.98. The fraction of sp³-hybridized carbons (Fsp3) is 0.533. The summed E-state index contributed by atoms with van der Waals surface area (Å²) in [4.78, 5) is 13.8. The van der Waals surface area contributed by atoms with Gasteiger partial charge in [0.1, 0.15) is 0 Å². The van der Waals surface area contributed by atoms with Crippen molar-refractivity contribution >= 4 is 22.0 Å². The van der Waals surface area contributed by atoms with Gasteiger partial charge >= 0.3 is 6.03 Å². The van der Waals surface area contributed by atoms with E-state index in [1.54, 1.807) is 11.9 Å². The number of urea groups is 1. The highest BCUT2D eigenvalue weighted by molar-refractivity contribution is 9.10. The maximum absolute atomic E-state index is 12.1. The van der Waals surface area contributed by atoms with Crippen molar-refractivity contribution in [3.8, 4) is 0 Å². The summed E-state index contributed by atoms with van der Waals surface area (Å²) in [5, 5.41) is 3.01. The lowest BCUT2D eigenvalue weighted by Gasteiger charge is -2.24. The minimum absolute atomic E-state index is 0.0531. The molecule has 0 radical (unpaired) electrons. The summed E-state index contributed by atoms with van der Waals surface area (Å²) >= 11 is 3.40. The van der Waals surface area contributed by atoms with Gasteiger partial charge < -0.3 is 15.0 Å². The number of hydrogen-bond donors (Lipinski definition) is 1. The number of halogens is 1. The molecule has 1 heterocycles. The second-order valence-electron chi connectivity index (χ2n) is 5.27. The van der Waals surface area contributed by atoms with Gasteiger partial charge in [0.05, 0.1) is 12.1 Å². The molecule has 0 saturated carbocycles. The zero-order chi connectivity index (χ0) is 14.5. The zero-order valence-corrected chi connectivity index (χ0v) is 13.5. The first-order chi connectivity index (χ1) is 9.56. The van der Waals surface area contributed by atoms with Gasteiger partial charge in [-0.1, -0.05) is 28.1 Å². The molecule has 1 aromatic carbocycles. The monoisotopic (exact) mass is 340 g/mol. The van der Waals surface area contributed by atoms with Crippen molar-refractivity contribution in [1.29, 1.82) is 0 Å². The molecule has 0 aromatic heterocycles. The van der Waals surface area contributed by atoms with E-state index in [2.05, 4.69) is 21.2 Å². The van der Waals surface area contributed by atoms with Gasteiger partial charge in [-0.05, 0) is 37.5 Å². The lowest BCUT2D eigenvalue weighted by molar-refractivity contribution is 0.0838. The number of rotatable bonds is 4. The summed E-state index contributed by atoms with van der Waals surface area (Å²) in [7, 11) is 1.81. The Bertz CT molecular complexity index is 444. The molecule has 4 nitrogen and oxygen atoms in total. The highest BCUT2D eigenvalue weighted by Gasteiger charge is 2.24. The number of ether oxygens (including phenoxy) is 1. The molecule has 1 aliphatic heterocycles. The fourth-order valence-electron chi connectivity index (χ4n) is 2.33. The average Bonchev–Trinajstić information content (AvgIpc) is 2.95. The Morgan fingerprint density at radius 2 is 2.20 bits per heavy atom. The molecule has 1 aliphatic rings. The average molecular weight is 341 g/mol. The van der Waals surface area contributed by atoms with Crippen molar-refractivity contribution in [3.05, 3.63) is 34.3 Å². The molecule has 20 heavy (non-hydrogen) atoms. The van der Waals surface area contributed by atoms with Crippen LogP contribution in [0.1, 0.15) is 25.3 Å². The number of nitrogens with one attached hydrogen (secondary N) is 1. The van der Waals surface area contributed by atoms with Gasteiger partial charge in [-0.3, -0.25) is 0 Å². The molecule has 1 aromatic rings. The number of nitrogens with zero attached hydrogens (tertiary/aromatic N) is 1. The van der Waals surface area contributed by atoms with E-state index in [0.717, 1.165) is 29.5 Å². The standard InChI is InChI=1S/C15H21BrN2O2/c1-11(14-4-3-9-20-14)17-15(19)18(2)10-12-5-7-13(16)8-6-12/h5-8,11,14H,3-4,9-10H2,1-2H3,(H,17,19)/t11-,14-/m1/s1. The quantitative estimate of drug-likeness (QED) is 0.914. The molecule has 2 amide bonds. The molecule has 0 spiro atoms. The molecule has 0 unspecified atom stereocenters. The fourth-order valence-corrected chi connectivity index (χ4v) is 2.59. The number of hydrogen-bond acceptors (Lipinski definition) is 2. The van der Waals surface area contributed by atoms with E-state index in [1.807, 2.05) is 31.2 Å². The van der Waals surface area contributed by atoms with Gasteiger partial charge in [-0.2, -0.15) is 0 Å². The maximum Gasteiger partial charge on any atom is 0.317 e. The van der Waals surface area contributed by atoms with Gasteiger partial charge in [0.15, 0.2) is 0 Å². The second-order valence-corrected chi connectivity index (χ2v) is 6.19. The molecule has 2 rings (SSSR count). The van der Waals surface area contributed by atoms with Gasteiger partial charge in [0.25, 0.3) is 0 Å². The number of carbonyl (C=O) groups is 1. The first-order valence-corrected chi connectivity index (χ1v) is 7.73. The predicted molar refractivity (Wildman–Crippen MR) is 82.6 cm³/mol. The van der Waals surface area contributed by atoms with Crippen molar-refractivity contribution in [2.45, 2.75) is 38.5 Å². The zero-order valence-electron chi connectivity index (χ0n) is 11.9. The molecule has 0 aliphatic carbocycles. The van der Waals surface area contributed by atoms with E-state index in [1.165, 1.54) is 0 Å². The molecule has 2 atom stereocenters. The number of carbonyl (C=O) groups excluding carboxylic acids is 1. The van der Waals surface area contributed by atoms with Crippen molar-refractivity contribution in [2.75, 3.05) is 13.7 Å². The lowest BCUT2D eigenvalue weighted by Crippen LogP contribution is -2.46. The van der Waals surface area contributed by atoms with E-state index in [-0.39, 0.29) is 18.2 Å². The van der Waals surface area contributed by atoms with Crippen molar-refractivity contribution in [1.82, 2.24) is 10.2 Å². The largest absolute Gasteiger partial charge is 0.376 e. The van der Waals surface area contributed by atoms with Gasteiger partial charge in [-0.15, -0.1) is 0 Å². The SMILES string of the molecule is C[C@@H](NC(=O)N(C)Cc1ccc(Br)cc1)[C@H]1CCCO1. The van der Waals surface area contributed by atoms with Crippen LogP contribution in [0.5, 0.6) is 0 Å². The first-order valence-electron chi connectivity index (χ1n) is 6.94. The van der Waals surface area contributed by atoms with Crippen molar-refractivity contribution < 1.29 is 9.53 Å². The third kappa shape index (κ3) is 4.21. The highest BCUT2D eigenvalue weighted by Crippen LogP contribution is 2.16. The van der Waals surface area contributed by atoms with E-state index in [0.29, 0.717) is 6.54 Å². The minimum Gasteiger partial charge on any atom is -0.376 e. The molecule has 1 N–H and O–H groups in total. The Balaban J connectivity index is 1.83. The maximum atomic E-state index is 12.1. The van der Waals surface area contributed by atoms with E-state index in [4.69, 9.17) is 4.74 Å². The topological polar surface area (TPSA) is 41.6 Å². The van der Waals surface area contributed by atoms with Crippen LogP contribution >= 0.6 is 15.9 Å². The Labute approximate surface area is 128 Å². The molecule has 110 valence electrons. The lowest BCUT2D eigenvalue weighted by atomic mass is 10.1. The van der Waals surface area contributed by atoms with Crippen LogP contribution in [0.25, 0.3) is 0 Å². The van der Waals surface area contributed by atoms with Crippen LogP contribution in [0, 0.1) is 0 Å². The van der Waals surface area contributed by atoms with Gasteiger partial charge in [-0.25, -0.2) is 4.79 Å². The molecular formula is C15H21BrN2O2. The summed E-state index contributed by atoms with van der Waals surface area (Å²) in [6.45, 7) is 3.40. The van der Waals surface area contributed by atoms with Crippen LogP contribution in [0.15, 0.2) is 28.7 Å². The third-order valence-corrected chi connectivity index (χ3v) is 4.08. The Hall–Kier alpha value is -1.07. The van der Waals surface area contributed by atoms with E-state index < -0.39 is 0 Å². The Kier molecular flexibility index (Phi) is 5.43. The molecule has 1 fully saturated rings. The summed E-state index contributed by atoms with van der Waals surface area (Å²) < 4.78 is 6.63. The minimum atomic E-state index is -0.0593. The molecule has 0 bridgehead atoms. The number of amides is 2. The van der Waals surface area contributed by atoms with Crippen molar-refractivity contribution in [3.63, 3.8) is 0 Å². The highest BCUT2D eigenvalue weighted by atomic mass is 79.9. The number of benzene rings is 1. The van der Waals surface area contributed by atoms with Crippen LogP contribution in [-0.2, 0) is 11.3 Å². The van der Waals surface area contributed by atoms with Crippen LogP contribution < -0.4 is 5.32 Å². The van der Waals surface area contributed by atoms with Gasteiger partial charge in [0, 0.05) is 24.7 Å². The van der Waals surface area contributed by atoms with Crippen LogP contribution in [0.4, 0.5) is 4.79 Å². The molecule has 5 heteroatoms.